The molecule has 0 spiro atoms. The van der Waals surface area contributed by atoms with Crippen molar-refractivity contribution in [3.8, 4) is 11.3 Å². The van der Waals surface area contributed by atoms with Gasteiger partial charge in [-0.25, -0.2) is 0 Å². The van der Waals surface area contributed by atoms with Gasteiger partial charge in [-0.3, -0.25) is 4.68 Å². The molecule has 0 saturated carbocycles. The number of anilines is 1. The fourth-order valence-corrected chi connectivity index (χ4v) is 2.39. The molecule has 0 saturated heterocycles. The Balaban J connectivity index is 2.64. The number of nitrogens with zero attached hydrogens (tertiary/aromatic N) is 2. The maximum absolute atomic E-state index is 12.6. The number of halogens is 5. The van der Waals surface area contributed by atoms with Crippen LogP contribution in [0.4, 0.5) is 19.0 Å². The van der Waals surface area contributed by atoms with Gasteiger partial charge in [-0.1, -0.05) is 23.2 Å². The van der Waals surface area contributed by atoms with Gasteiger partial charge >= 0.3 is 6.18 Å². The van der Waals surface area contributed by atoms with Gasteiger partial charge in [0, 0.05) is 18.7 Å². The molecular weight excluding hydrogens is 302 g/mol. The molecule has 2 aromatic rings. The number of nitrogens with two attached hydrogens (primary N) is 1. The summed E-state index contributed by atoms with van der Waals surface area (Å²) in [6, 6.07) is 3.14. The lowest BCUT2D eigenvalue weighted by molar-refractivity contribution is -0.137. The van der Waals surface area contributed by atoms with Crippen molar-refractivity contribution in [2.45, 2.75) is 6.18 Å². The van der Waals surface area contributed by atoms with E-state index in [1.165, 1.54) is 10.7 Å². The molecule has 2 rings (SSSR count). The third-order valence-corrected chi connectivity index (χ3v) is 3.12. The van der Waals surface area contributed by atoms with Gasteiger partial charge in [0.1, 0.15) is 5.82 Å². The number of benzene rings is 1. The number of rotatable bonds is 1. The van der Waals surface area contributed by atoms with Crippen LogP contribution in [-0.4, -0.2) is 9.78 Å². The van der Waals surface area contributed by atoms with E-state index in [1.807, 2.05) is 0 Å². The third-order valence-electron chi connectivity index (χ3n) is 2.52. The van der Waals surface area contributed by atoms with Crippen LogP contribution in [0.5, 0.6) is 0 Å². The standard InChI is InChI=1S/C11H8Cl2F3N3/c1-19-8(4-9(17)18-19)10-6(12)2-5(3-7(10)13)11(14,15)16/h2-4H,1H3,(H2,17,18). The summed E-state index contributed by atoms with van der Waals surface area (Å²) in [4.78, 5) is 0. The first kappa shape index (κ1) is 14.0. The van der Waals surface area contributed by atoms with Gasteiger partial charge in [0.2, 0.25) is 0 Å². The Morgan fingerprint density at radius 1 is 1.16 bits per heavy atom. The van der Waals surface area contributed by atoms with Gasteiger partial charge in [0.15, 0.2) is 0 Å². The summed E-state index contributed by atoms with van der Waals surface area (Å²) in [6.07, 6.45) is -4.50. The predicted molar refractivity (Wildman–Crippen MR) is 68.1 cm³/mol. The molecule has 0 aliphatic rings. The van der Waals surface area contributed by atoms with E-state index in [-0.39, 0.29) is 21.4 Å². The van der Waals surface area contributed by atoms with Crippen LogP contribution in [0, 0.1) is 0 Å². The number of nitrogen functional groups attached to an aromatic ring is 1. The van der Waals surface area contributed by atoms with Crippen molar-refractivity contribution in [1.82, 2.24) is 9.78 Å². The second kappa shape index (κ2) is 4.61. The van der Waals surface area contributed by atoms with E-state index in [2.05, 4.69) is 5.10 Å². The van der Waals surface area contributed by atoms with Crippen LogP contribution in [0.2, 0.25) is 10.0 Å². The van der Waals surface area contributed by atoms with Crippen LogP contribution < -0.4 is 5.73 Å². The summed E-state index contributed by atoms with van der Waals surface area (Å²) in [7, 11) is 1.59. The molecule has 8 heteroatoms. The van der Waals surface area contributed by atoms with Crippen LogP contribution in [0.15, 0.2) is 18.2 Å². The van der Waals surface area contributed by atoms with Crippen molar-refractivity contribution >= 4 is 29.0 Å². The zero-order valence-corrected chi connectivity index (χ0v) is 11.1. The van der Waals surface area contributed by atoms with E-state index in [0.29, 0.717) is 5.69 Å². The second-order valence-electron chi connectivity index (χ2n) is 3.89. The lowest BCUT2D eigenvalue weighted by Gasteiger charge is -2.12. The summed E-state index contributed by atoms with van der Waals surface area (Å²) < 4.78 is 39.2. The van der Waals surface area contributed by atoms with Crippen LogP contribution in [0.3, 0.4) is 0 Å². The minimum atomic E-state index is -4.50. The van der Waals surface area contributed by atoms with Gasteiger partial charge in [-0.15, -0.1) is 0 Å². The molecule has 0 bridgehead atoms. The highest BCUT2D eigenvalue weighted by Gasteiger charge is 2.32. The van der Waals surface area contributed by atoms with Crippen LogP contribution in [-0.2, 0) is 13.2 Å². The van der Waals surface area contributed by atoms with Gasteiger partial charge in [0.05, 0.1) is 21.3 Å². The fourth-order valence-electron chi connectivity index (χ4n) is 1.70. The Hall–Kier alpha value is -1.40. The minimum Gasteiger partial charge on any atom is -0.382 e. The van der Waals surface area contributed by atoms with E-state index in [9.17, 15) is 13.2 Å². The average Bonchev–Trinajstić information content (AvgIpc) is 2.55. The largest absolute Gasteiger partial charge is 0.416 e. The number of alkyl halides is 3. The lowest BCUT2D eigenvalue weighted by Crippen LogP contribution is -2.05. The van der Waals surface area contributed by atoms with E-state index >= 15 is 0 Å². The average molecular weight is 310 g/mol. The molecule has 0 unspecified atom stereocenters. The molecule has 1 aromatic heterocycles. The van der Waals surface area contributed by atoms with Crippen molar-refractivity contribution < 1.29 is 13.2 Å². The number of hydrogen-bond acceptors (Lipinski definition) is 2. The Morgan fingerprint density at radius 2 is 1.68 bits per heavy atom. The SMILES string of the molecule is Cn1nc(N)cc1-c1c(Cl)cc(C(F)(F)F)cc1Cl. The first-order valence-electron chi connectivity index (χ1n) is 5.06. The molecule has 1 heterocycles. The number of aryl methyl sites for hydroxylation is 1. The lowest BCUT2D eigenvalue weighted by atomic mass is 10.1. The maximum atomic E-state index is 12.6. The van der Waals surface area contributed by atoms with Crippen molar-refractivity contribution in [2.24, 2.45) is 7.05 Å². The first-order chi connectivity index (χ1) is 8.70. The third kappa shape index (κ3) is 2.64. The summed E-state index contributed by atoms with van der Waals surface area (Å²) in [5.74, 6) is 0.226. The molecule has 0 amide bonds. The van der Waals surface area contributed by atoms with Crippen molar-refractivity contribution in [2.75, 3.05) is 5.73 Å². The van der Waals surface area contributed by atoms with E-state index in [0.717, 1.165) is 12.1 Å². The second-order valence-corrected chi connectivity index (χ2v) is 4.71. The number of hydrogen-bond donors (Lipinski definition) is 1. The Bertz CT molecular complexity index is 612. The molecule has 3 nitrogen and oxygen atoms in total. The minimum absolute atomic E-state index is 0.108. The summed E-state index contributed by atoms with van der Waals surface area (Å²) in [5, 5.41) is 3.68. The fraction of sp³-hybridized carbons (Fsp3) is 0.182. The highest BCUT2D eigenvalue weighted by molar-refractivity contribution is 6.39. The first-order valence-corrected chi connectivity index (χ1v) is 5.82. The quantitative estimate of drug-likeness (QED) is 0.865. The molecule has 102 valence electrons. The maximum Gasteiger partial charge on any atom is 0.416 e. The van der Waals surface area contributed by atoms with Gasteiger partial charge in [0.25, 0.3) is 0 Å². The summed E-state index contributed by atoms with van der Waals surface area (Å²) >= 11 is 11.8. The van der Waals surface area contributed by atoms with Crippen LogP contribution in [0.1, 0.15) is 5.56 Å². The molecule has 2 N–H and O–H groups in total. The Morgan fingerprint density at radius 3 is 2.05 bits per heavy atom. The zero-order valence-electron chi connectivity index (χ0n) is 9.59. The smallest absolute Gasteiger partial charge is 0.382 e. The topological polar surface area (TPSA) is 43.8 Å². The predicted octanol–water partition coefficient (Wildman–Crippen LogP) is 3.99. The Kier molecular flexibility index (Phi) is 3.40. The molecule has 0 atom stereocenters. The highest BCUT2D eigenvalue weighted by atomic mass is 35.5. The molecule has 0 aliphatic heterocycles. The number of aromatic nitrogens is 2. The van der Waals surface area contributed by atoms with Gasteiger partial charge < -0.3 is 5.73 Å². The molecular formula is C11H8Cl2F3N3. The van der Waals surface area contributed by atoms with E-state index in [1.54, 1.807) is 7.05 Å². The highest BCUT2D eigenvalue weighted by Crippen LogP contribution is 2.40. The zero-order chi connectivity index (χ0) is 14.4. The molecule has 0 aliphatic carbocycles. The monoisotopic (exact) mass is 309 g/mol. The van der Waals surface area contributed by atoms with Crippen LogP contribution in [0.25, 0.3) is 11.3 Å². The molecule has 0 fully saturated rings. The molecule has 19 heavy (non-hydrogen) atoms. The van der Waals surface area contributed by atoms with Gasteiger partial charge in [-0.2, -0.15) is 18.3 Å². The Labute approximate surface area is 116 Å². The van der Waals surface area contributed by atoms with E-state index in [4.69, 9.17) is 28.9 Å². The van der Waals surface area contributed by atoms with Crippen LogP contribution >= 0.6 is 23.2 Å². The summed E-state index contributed by atoms with van der Waals surface area (Å²) in [5.41, 5.74) is 5.33. The normalized spacial score (nSPS) is 11.9. The van der Waals surface area contributed by atoms with E-state index < -0.39 is 11.7 Å². The van der Waals surface area contributed by atoms with Crippen molar-refractivity contribution in [3.05, 3.63) is 33.8 Å². The van der Waals surface area contributed by atoms with Crippen molar-refractivity contribution in [3.63, 3.8) is 0 Å². The molecule has 0 radical (unpaired) electrons. The summed E-state index contributed by atoms with van der Waals surface area (Å²) in [6.45, 7) is 0. The van der Waals surface area contributed by atoms with Gasteiger partial charge in [-0.05, 0) is 12.1 Å². The van der Waals surface area contributed by atoms with Crippen molar-refractivity contribution in [1.29, 1.82) is 0 Å². The molecule has 1 aromatic carbocycles.